The summed E-state index contributed by atoms with van der Waals surface area (Å²) in [5, 5.41) is 14.9. The largest absolute Gasteiger partial charge is 0.390 e. The number of aromatic nitrogens is 5. The molecule has 0 radical (unpaired) electrons. The molecule has 0 spiro atoms. The minimum atomic E-state index is -1.05. The molecule has 2 aromatic carbocycles. The molecule has 0 bridgehead atoms. The number of aliphatic hydroxyl groups excluding tert-OH is 1. The molecule has 0 aliphatic carbocycles. The molecule has 0 saturated carbocycles. The molecule has 4 heterocycles. The van der Waals surface area contributed by atoms with Gasteiger partial charge in [0.2, 0.25) is 0 Å². The second kappa shape index (κ2) is 9.47. The van der Waals surface area contributed by atoms with Crippen LogP contribution in [0.4, 0.5) is 23.2 Å². The third-order valence-corrected chi connectivity index (χ3v) is 6.91. The van der Waals surface area contributed by atoms with E-state index < -0.39 is 35.4 Å². The number of imidazole rings is 1. The first-order chi connectivity index (χ1) is 18.7. The van der Waals surface area contributed by atoms with Gasteiger partial charge in [0, 0.05) is 67.9 Å². The molecule has 200 valence electrons. The molecule has 12 heteroatoms. The number of benzene rings is 2. The van der Waals surface area contributed by atoms with Crippen molar-refractivity contribution < 1.29 is 22.7 Å². The molecule has 5 aromatic rings. The Kier molecular flexibility index (Phi) is 6.07. The summed E-state index contributed by atoms with van der Waals surface area (Å²) in [5.41, 5.74) is 8.99. The summed E-state index contributed by atoms with van der Waals surface area (Å²) in [5.74, 6) is -3.42. The van der Waals surface area contributed by atoms with Crippen LogP contribution in [0, 0.1) is 23.3 Å². The Bertz CT molecular complexity index is 1660. The zero-order valence-electron chi connectivity index (χ0n) is 20.7. The van der Waals surface area contributed by atoms with Crippen molar-refractivity contribution in [1.29, 1.82) is 0 Å². The number of nitrogens with two attached hydrogens (primary N) is 1. The number of anilines is 1. The summed E-state index contributed by atoms with van der Waals surface area (Å²) in [6, 6.07) is 4.69. The van der Waals surface area contributed by atoms with Gasteiger partial charge in [0.1, 0.15) is 17.5 Å². The molecule has 4 N–H and O–H groups in total. The first-order valence-corrected chi connectivity index (χ1v) is 12.2. The van der Waals surface area contributed by atoms with Gasteiger partial charge in [-0.3, -0.25) is 9.67 Å². The number of nitrogens with one attached hydrogen (secondary N) is 1. The van der Waals surface area contributed by atoms with Gasteiger partial charge in [-0.05, 0) is 24.1 Å². The van der Waals surface area contributed by atoms with Crippen LogP contribution in [0.5, 0.6) is 0 Å². The summed E-state index contributed by atoms with van der Waals surface area (Å²) in [6.07, 6.45) is 4.40. The highest BCUT2D eigenvalue weighted by atomic mass is 19.2. The van der Waals surface area contributed by atoms with Crippen molar-refractivity contribution in [2.45, 2.75) is 18.6 Å². The van der Waals surface area contributed by atoms with Gasteiger partial charge in [0.25, 0.3) is 0 Å². The van der Waals surface area contributed by atoms with Gasteiger partial charge in [0.05, 0.1) is 40.3 Å². The lowest BCUT2D eigenvalue weighted by Crippen LogP contribution is -2.50. The molecule has 1 aliphatic heterocycles. The van der Waals surface area contributed by atoms with E-state index in [1.165, 1.54) is 18.3 Å². The second-order valence-electron chi connectivity index (χ2n) is 9.64. The van der Waals surface area contributed by atoms with Gasteiger partial charge < -0.3 is 20.7 Å². The summed E-state index contributed by atoms with van der Waals surface area (Å²) in [6.45, 7) is 0.537. The minimum absolute atomic E-state index is 0.124. The molecule has 8 nitrogen and oxygen atoms in total. The lowest BCUT2D eigenvalue weighted by atomic mass is 9.94. The number of halogens is 4. The van der Waals surface area contributed by atoms with E-state index in [0.717, 1.165) is 18.2 Å². The predicted octanol–water partition coefficient (Wildman–Crippen LogP) is 4.15. The Labute approximate surface area is 219 Å². The van der Waals surface area contributed by atoms with Crippen LogP contribution in [0.2, 0.25) is 0 Å². The summed E-state index contributed by atoms with van der Waals surface area (Å²) < 4.78 is 58.4. The zero-order valence-corrected chi connectivity index (χ0v) is 20.7. The average molecular weight is 538 g/mol. The van der Waals surface area contributed by atoms with Gasteiger partial charge in [-0.25, -0.2) is 22.5 Å². The van der Waals surface area contributed by atoms with E-state index in [-0.39, 0.29) is 29.0 Å². The van der Waals surface area contributed by atoms with Crippen LogP contribution in [-0.2, 0) is 7.05 Å². The second-order valence-corrected chi connectivity index (χ2v) is 9.64. The molecule has 1 aliphatic rings. The summed E-state index contributed by atoms with van der Waals surface area (Å²) in [4.78, 5) is 14.1. The van der Waals surface area contributed by atoms with E-state index in [1.54, 1.807) is 24.1 Å². The number of aryl methyl sites for hydroxylation is 1. The number of H-pyrrole nitrogens is 1. The molecule has 0 amide bonds. The van der Waals surface area contributed by atoms with Gasteiger partial charge in [0.15, 0.2) is 11.6 Å². The van der Waals surface area contributed by atoms with Crippen LogP contribution in [0.1, 0.15) is 6.42 Å². The standard InChI is InChI=1S/C27H23F4N7O/c1-37-11-14(9-34-37)25-24(27-35-21-7-18(30)19(31)8-22(21)36-27)26(38-3-2-20(32)23(39)12-38)17(10-33-25)13-4-15(28)6-16(29)5-13/h4-11,20,23,39H,2-3,12,32H2,1H3,(H,35,36)/t20-,23+/m1/s1. The maximum absolute atomic E-state index is 14.4. The molecule has 1 saturated heterocycles. The number of hydrogen-bond donors (Lipinski definition) is 3. The summed E-state index contributed by atoms with van der Waals surface area (Å²) >= 11 is 0. The van der Waals surface area contributed by atoms with E-state index in [4.69, 9.17) is 5.73 Å². The van der Waals surface area contributed by atoms with Crippen LogP contribution < -0.4 is 10.6 Å². The molecule has 1 fully saturated rings. The van der Waals surface area contributed by atoms with E-state index in [0.29, 0.717) is 41.0 Å². The summed E-state index contributed by atoms with van der Waals surface area (Å²) in [7, 11) is 1.74. The van der Waals surface area contributed by atoms with Crippen LogP contribution in [0.3, 0.4) is 0 Å². The van der Waals surface area contributed by atoms with E-state index >= 15 is 0 Å². The van der Waals surface area contributed by atoms with Crippen LogP contribution in [0.15, 0.2) is 48.9 Å². The fraction of sp³-hybridized carbons (Fsp3) is 0.222. The fourth-order valence-corrected chi connectivity index (χ4v) is 5.01. The van der Waals surface area contributed by atoms with E-state index in [9.17, 15) is 22.7 Å². The Morgan fingerprint density at radius 3 is 2.44 bits per heavy atom. The number of hydrogen-bond acceptors (Lipinski definition) is 6. The number of aromatic amines is 1. The SMILES string of the molecule is Cn1cc(-c2ncc(-c3cc(F)cc(F)c3)c(N3CC[C@@H](N)[C@@H](O)C3)c2-c2nc3cc(F)c(F)cc3[nH]2)cn1. The Hall–Kier alpha value is -4.29. The van der Waals surface area contributed by atoms with Gasteiger partial charge in [-0.2, -0.15) is 5.10 Å². The third-order valence-electron chi connectivity index (χ3n) is 6.91. The van der Waals surface area contributed by atoms with E-state index in [1.807, 2.05) is 4.90 Å². The van der Waals surface area contributed by atoms with Crippen molar-refractivity contribution >= 4 is 16.7 Å². The Morgan fingerprint density at radius 1 is 1.00 bits per heavy atom. The molecular weight excluding hydrogens is 514 g/mol. The maximum atomic E-state index is 14.4. The lowest BCUT2D eigenvalue weighted by molar-refractivity contribution is 0.132. The van der Waals surface area contributed by atoms with Crippen molar-refractivity contribution in [3.8, 4) is 33.8 Å². The van der Waals surface area contributed by atoms with Crippen LogP contribution >= 0.6 is 0 Å². The highest BCUT2D eigenvalue weighted by Crippen LogP contribution is 2.44. The van der Waals surface area contributed by atoms with Gasteiger partial charge in [-0.1, -0.05) is 0 Å². The first kappa shape index (κ1) is 25.0. The average Bonchev–Trinajstić information content (AvgIpc) is 3.50. The van der Waals surface area contributed by atoms with Gasteiger partial charge >= 0.3 is 0 Å². The number of rotatable bonds is 4. The van der Waals surface area contributed by atoms with Crippen molar-refractivity contribution in [2.24, 2.45) is 12.8 Å². The molecule has 6 rings (SSSR count). The Morgan fingerprint density at radius 2 is 1.74 bits per heavy atom. The highest BCUT2D eigenvalue weighted by molar-refractivity contribution is 5.97. The van der Waals surface area contributed by atoms with Crippen molar-refractivity contribution in [3.05, 3.63) is 72.2 Å². The minimum Gasteiger partial charge on any atom is -0.390 e. The monoisotopic (exact) mass is 537 g/mol. The van der Waals surface area contributed by atoms with Crippen molar-refractivity contribution in [3.63, 3.8) is 0 Å². The molecule has 3 aromatic heterocycles. The maximum Gasteiger partial charge on any atom is 0.161 e. The quantitative estimate of drug-likeness (QED) is 0.298. The molecular formula is C27H23F4N7O. The van der Waals surface area contributed by atoms with Crippen LogP contribution in [-0.4, -0.2) is 55.1 Å². The first-order valence-electron chi connectivity index (χ1n) is 12.2. The number of pyridine rings is 1. The van der Waals surface area contributed by atoms with E-state index in [2.05, 4.69) is 20.1 Å². The smallest absolute Gasteiger partial charge is 0.161 e. The molecule has 0 unspecified atom stereocenters. The number of β-amino-alcohol motifs (C(OH)–C–C–N with tert-alkyl or cyclic N) is 1. The predicted molar refractivity (Wildman–Crippen MR) is 138 cm³/mol. The highest BCUT2D eigenvalue weighted by Gasteiger charge is 2.31. The van der Waals surface area contributed by atoms with Crippen LogP contribution in [0.25, 0.3) is 44.8 Å². The normalized spacial score (nSPS) is 17.8. The van der Waals surface area contributed by atoms with Crippen molar-refractivity contribution in [1.82, 2.24) is 24.7 Å². The molecule has 39 heavy (non-hydrogen) atoms. The van der Waals surface area contributed by atoms with Gasteiger partial charge in [-0.15, -0.1) is 0 Å². The molecule has 2 atom stereocenters. The third kappa shape index (κ3) is 4.51. The lowest BCUT2D eigenvalue weighted by Gasteiger charge is -2.38. The number of piperidine rings is 1. The zero-order chi connectivity index (χ0) is 27.4. The number of fused-ring (bicyclic) bond motifs is 1. The number of nitrogens with zero attached hydrogens (tertiary/aromatic N) is 5. The van der Waals surface area contributed by atoms with Crippen molar-refractivity contribution in [2.75, 3.05) is 18.0 Å². The Balaban J connectivity index is 1.69. The number of aliphatic hydroxyl groups is 1. The topological polar surface area (TPSA) is 109 Å². The fourth-order valence-electron chi connectivity index (χ4n) is 5.01.